The van der Waals surface area contributed by atoms with Gasteiger partial charge in [-0.25, -0.2) is 0 Å². The lowest BCUT2D eigenvalue weighted by Crippen LogP contribution is -2.48. The molecule has 1 heterocycles. The van der Waals surface area contributed by atoms with Crippen molar-refractivity contribution in [3.63, 3.8) is 0 Å². The lowest BCUT2D eigenvalue weighted by molar-refractivity contribution is -0.138. The quantitative estimate of drug-likeness (QED) is 0.382. The Balaban J connectivity index is 1.87. The van der Waals surface area contributed by atoms with Crippen LogP contribution in [0, 0.1) is 11.8 Å². The van der Waals surface area contributed by atoms with Crippen LogP contribution >= 0.6 is 0 Å². The highest BCUT2D eigenvalue weighted by Crippen LogP contribution is 2.29. The van der Waals surface area contributed by atoms with Crippen molar-refractivity contribution in [2.45, 2.75) is 103 Å². The highest BCUT2D eigenvalue weighted by atomic mass is 16.5. The van der Waals surface area contributed by atoms with E-state index in [1.54, 1.807) is 23.1 Å². The van der Waals surface area contributed by atoms with E-state index in [1.807, 2.05) is 51.7 Å². The van der Waals surface area contributed by atoms with E-state index in [4.69, 9.17) is 9.47 Å². The van der Waals surface area contributed by atoms with Crippen LogP contribution in [0.25, 0.3) is 0 Å². The number of likely N-dealkylation sites (N-methyl/N-ethyl adjacent to an activating group) is 1. The summed E-state index contributed by atoms with van der Waals surface area (Å²) in [5.74, 6) is 0.208. The monoisotopic (exact) mass is 630 g/mol. The van der Waals surface area contributed by atoms with Gasteiger partial charge in [-0.2, -0.15) is 0 Å². The Labute approximate surface area is 270 Å². The average Bonchev–Trinajstić information content (AvgIpc) is 3.02. The largest absolute Gasteiger partial charge is 0.490 e. The van der Waals surface area contributed by atoms with Crippen LogP contribution in [0.5, 0.6) is 5.75 Å². The number of aliphatic hydroxyl groups is 1. The number of rotatable bonds is 10. The van der Waals surface area contributed by atoms with Gasteiger partial charge >= 0.3 is 0 Å². The summed E-state index contributed by atoms with van der Waals surface area (Å²) < 4.78 is 12.7. The van der Waals surface area contributed by atoms with Crippen LogP contribution in [-0.2, 0) is 14.3 Å². The Kier molecular flexibility index (Phi) is 15.1. The van der Waals surface area contributed by atoms with E-state index in [9.17, 15) is 19.5 Å². The first kappa shape index (κ1) is 36.8. The van der Waals surface area contributed by atoms with Crippen LogP contribution < -0.4 is 10.1 Å². The summed E-state index contributed by atoms with van der Waals surface area (Å²) in [6.07, 6.45) is 8.53. The van der Waals surface area contributed by atoms with Crippen molar-refractivity contribution in [3.8, 4) is 5.75 Å². The molecule has 0 radical (unpaired) electrons. The highest BCUT2D eigenvalue weighted by Gasteiger charge is 2.32. The van der Waals surface area contributed by atoms with E-state index >= 15 is 0 Å². The molecule has 1 aromatic carbocycles. The molecule has 3 amide bonds. The Morgan fingerprint density at radius 3 is 2.47 bits per heavy atom. The van der Waals surface area contributed by atoms with Crippen LogP contribution in [0.1, 0.15) is 95.3 Å². The van der Waals surface area contributed by atoms with Gasteiger partial charge in [0, 0.05) is 50.7 Å². The minimum atomic E-state index is -0.468. The standard InChI is InChI=1S/C35H58N4O6/c1-25-22-39(26(2)24-40)35(43)30-21-29(36-33(41)16-12-19-37(4)5)17-18-31(30)45-27(3)13-10-11-20-44-32(25)23-38(6)34(42)28-14-8-7-9-15-28/h17-18,21,25-28,32,40H,7-16,19-20,22-24H2,1-6H3,(H,36,41)/t25-,26+,27-,32+/m0/s1. The zero-order valence-corrected chi connectivity index (χ0v) is 28.6. The van der Waals surface area contributed by atoms with E-state index in [0.29, 0.717) is 43.1 Å². The first-order chi connectivity index (χ1) is 21.5. The summed E-state index contributed by atoms with van der Waals surface area (Å²) in [6, 6.07) is 4.75. The maximum Gasteiger partial charge on any atom is 0.258 e. The van der Waals surface area contributed by atoms with Gasteiger partial charge in [0.15, 0.2) is 0 Å². The zero-order chi connectivity index (χ0) is 32.9. The van der Waals surface area contributed by atoms with E-state index in [0.717, 1.165) is 57.9 Å². The fourth-order valence-corrected chi connectivity index (χ4v) is 6.26. The average molecular weight is 631 g/mol. The molecule has 0 bridgehead atoms. The molecule has 3 rings (SSSR count). The predicted octanol–water partition coefficient (Wildman–Crippen LogP) is 4.80. The van der Waals surface area contributed by atoms with Crippen molar-refractivity contribution in [1.29, 1.82) is 0 Å². The molecule has 1 fully saturated rings. The number of ether oxygens (including phenoxy) is 2. The molecule has 45 heavy (non-hydrogen) atoms. The Morgan fingerprint density at radius 1 is 1.07 bits per heavy atom. The van der Waals surface area contributed by atoms with Crippen LogP contribution in [0.2, 0.25) is 0 Å². The third-order valence-electron chi connectivity index (χ3n) is 9.13. The topological polar surface area (TPSA) is 112 Å². The van der Waals surface area contributed by atoms with Crippen LogP contribution in [0.4, 0.5) is 5.69 Å². The first-order valence-corrected chi connectivity index (χ1v) is 17.0. The second kappa shape index (κ2) is 18.5. The first-order valence-electron chi connectivity index (χ1n) is 17.0. The van der Waals surface area contributed by atoms with Gasteiger partial charge in [0.25, 0.3) is 5.91 Å². The van der Waals surface area contributed by atoms with Crippen molar-refractivity contribution in [2.24, 2.45) is 11.8 Å². The van der Waals surface area contributed by atoms with E-state index in [1.165, 1.54) is 6.42 Å². The van der Waals surface area contributed by atoms with Crippen LogP contribution in [-0.4, -0.2) is 110 Å². The van der Waals surface area contributed by atoms with Gasteiger partial charge in [-0.15, -0.1) is 0 Å². The smallest absolute Gasteiger partial charge is 0.258 e. The minimum absolute atomic E-state index is 0.0747. The molecule has 1 aliphatic carbocycles. The van der Waals surface area contributed by atoms with Gasteiger partial charge in [-0.1, -0.05) is 26.2 Å². The maximum absolute atomic E-state index is 14.3. The molecule has 0 saturated heterocycles. The Bertz CT molecular complexity index is 1090. The molecule has 4 atom stereocenters. The lowest BCUT2D eigenvalue weighted by atomic mass is 9.88. The number of carbonyl (C=O) groups excluding carboxylic acids is 3. The van der Waals surface area contributed by atoms with Gasteiger partial charge < -0.3 is 34.6 Å². The maximum atomic E-state index is 14.3. The zero-order valence-electron chi connectivity index (χ0n) is 28.6. The van der Waals surface area contributed by atoms with Gasteiger partial charge in [0.05, 0.1) is 30.4 Å². The Morgan fingerprint density at radius 2 is 1.78 bits per heavy atom. The molecule has 0 spiro atoms. The molecular formula is C35H58N4O6. The number of aliphatic hydroxyl groups excluding tert-OH is 1. The molecule has 2 N–H and O–H groups in total. The van der Waals surface area contributed by atoms with Gasteiger partial charge in [-0.05, 0) is 91.2 Å². The SMILES string of the molecule is C[C@H](CO)N1C[C@H](C)[C@@H](CN(C)C(=O)C2CCCCC2)OCCCC[C@H](C)Oc2ccc(NC(=O)CCCN(C)C)cc2C1=O. The van der Waals surface area contributed by atoms with Crippen LogP contribution in [0.3, 0.4) is 0 Å². The Hall–Kier alpha value is -2.69. The summed E-state index contributed by atoms with van der Waals surface area (Å²) in [6.45, 7) is 7.80. The third-order valence-corrected chi connectivity index (χ3v) is 9.13. The van der Waals surface area contributed by atoms with Crippen molar-refractivity contribution in [2.75, 3.05) is 59.3 Å². The van der Waals surface area contributed by atoms with Crippen molar-refractivity contribution < 1.29 is 29.0 Å². The van der Waals surface area contributed by atoms with E-state index < -0.39 is 6.04 Å². The summed E-state index contributed by atoms with van der Waals surface area (Å²) in [5.41, 5.74) is 0.877. The number of benzene rings is 1. The summed E-state index contributed by atoms with van der Waals surface area (Å²) in [5, 5.41) is 13.2. The number of carbonyl (C=O) groups is 3. The molecule has 1 saturated carbocycles. The van der Waals surface area contributed by atoms with Crippen LogP contribution in [0.15, 0.2) is 18.2 Å². The van der Waals surface area contributed by atoms with Gasteiger partial charge in [0.1, 0.15) is 5.75 Å². The fourth-order valence-electron chi connectivity index (χ4n) is 6.26. The number of nitrogens with zero attached hydrogens (tertiary/aromatic N) is 3. The molecule has 2 aliphatic rings. The summed E-state index contributed by atoms with van der Waals surface area (Å²) >= 11 is 0. The van der Waals surface area contributed by atoms with E-state index in [-0.39, 0.29) is 48.4 Å². The number of hydrogen-bond acceptors (Lipinski definition) is 7. The summed E-state index contributed by atoms with van der Waals surface area (Å²) in [7, 11) is 5.81. The number of hydrogen-bond donors (Lipinski definition) is 2. The van der Waals surface area contributed by atoms with Crippen molar-refractivity contribution >= 4 is 23.4 Å². The number of fused-ring (bicyclic) bond motifs is 1. The second-order valence-electron chi connectivity index (χ2n) is 13.5. The van der Waals surface area contributed by atoms with Crippen molar-refractivity contribution in [3.05, 3.63) is 23.8 Å². The molecular weight excluding hydrogens is 572 g/mol. The molecule has 10 nitrogen and oxygen atoms in total. The van der Waals surface area contributed by atoms with Crippen molar-refractivity contribution in [1.82, 2.24) is 14.7 Å². The fraction of sp³-hybridized carbons (Fsp3) is 0.743. The minimum Gasteiger partial charge on any atom is -0.490 e. The number of nitrogens with one attached hydrogen (secondary N) is 1. The number of anilines is 1. The normalized spacial score (nSPS) is 23.1. The molecule has 254 valence electrons. The molecule has 1 aliphatic heterocycles. The van der Waals surface area contributed by atoms with Gasteiger partial charge in [-0.3, -0.25) is 14.4 Å². The second-order valence-corrected chi connectivity index (χ2v) is 13.5. The lowest BCUT2D eigenvalue weighted by Gasteiger charge is -2.36. The van der Waals surface area contributed by atoms with Gasteiger partial charge in [0.2, 0.25) is 11.8 Å². The van der Waals surface area contributed by atoms with E-state index in [2.05, 4.69) is 5.32 Å². The molecule has 0 unspecified atom stereocenters. The molecule has 0 aromatic heterocycles. The summed E-state index contributed by atoms with van der Waals surface area (Å²) in [4.78, 5) is 45.8. The molecule has 1 aromatic rings. The highest BCUT2D eigenvalue weighted by molar-refractivity contribution is 5.99. The molecule has 10 heteroatoms. The number of amides is 3. The predicted molar refractivity (Wildman–Crippen MR) is 178 cm³/mol. The third kappa shape index (κ3) is 11.6.